The van der Waals surface area contributed by atoms with Crippen molar-refractivity contribution in [1.29, 1.82) is 0 Å². The molecule has 0 saturated carbocycles. The van der Waals surface area contributed by atoms with Gasteiger partial charge >= 0.3 is 0 Å². The molecule has 0 aromatic rings. The molecule has 40 valence electrons. The Hall–Kier alpha value is -0.0400. The third kappa shape index (κ3) is 0.235. The standard InChI is InChI=1S/C6H11N/c1-6(2)5-3-7(6)4-5/h5H,3-4H2,1-2H3. The summed E-state index contributed by atoms with van der Waals surface area (Å²) in [4.78, 5) is 2.51. The van der Waals surface area contributed by atoms with Gasteiger partial charge in [0.1, 0.15) is 0 Å². The average Bonchev–Trinajstić information content (AvgIpc) is 1.26. The molecule has 3 rings (SSSR count). The molecule has 3 aliphatic rings. The molecule has 0 spiro atoms. The zero-order chi connectivity index (χ0) is 5.07. The zero-order valence-corrected chi connectivity index (χ0v) is 4.94. The first-order valence-corrected chi connectivity index (χ1v) is 2.96. The van der Waals surface area contributed by atoms with Crippen molar-refractivity contribution < 1.29 is 0 Å². The van der Waals surface area contributed by atoms with Crippen LogP contribution in [0.4, 0.5) is 0 Å². The second-order valence-electron chi connectivity index (χ2n) is 3.26. The van der Waals surface area contributed by atoms with Crippen molar-refractivity contribution in [2.75, 3.05) is 13.1 Å². The van der Waals surface area contributed by atoms with E-state index >= 15 is 0 Å². The van der Waals surface area contributed by atoms with Gasteiger partial charge in [0.25, 0.3) is 0 Å². The van der Waals surface area contributed by atoms with E-state index in [0.717, 1.165) is 5.92 Å². The lowest BCUT2D eigenvalue weighted by molar-refractivity contribution is -0.183. The zero-order valence-electron chi connectivity index (χ0n) is 4.94. The van der Waals surface area contributed by atoms with Crippen LogP contribution >= 0.6 is 0 Å². The minimum Gasteiger partial charge on any atom is -0.297 e. The van der Waals surface area contributed by atoms with Crippen molar-refractivity contribution in [3.8, 4) is 0 Å². The van der Waals surface area contributed by atoms with Crippen molar-refractivity contribution in [1.82, 2.24) is 4.90 Å². The van der Waals surface area contributed by atoms with E-state index in [4.69, 9.17) is 0 Å². The molecule has 0 atom stereocenters. The van der Waals surface area contributed by atoms with Crippen LogP contribution in [0.1, 0.15) is 13.8 Å². The van der Waals surface area contributed by atoms with Crippen LogP contribution in [0.25, 0.3) is 0 Å². The Morgan fingerprint density at radius 1 is 1.43 bits per heavy atom. The quantitative estimate of drug-likeness (QED) is 0.430. The highest BCUT2D eigenvalue weighted by Crippen LogP contribution is 2.46. The fourth-order valence-corrected chi connectivity index (χ4v) is 1.43. The van der Waals surface area contributed by atoms with Crippen LogP contribution in [-0.2, 0) is 0 Å². The summed E-state index contributed by atoms with van der Waals surface area (Å²) >= 11 is 0. The summed E-state index contributed by atoms with van der Waals surface area (Å²) in [5.74, 6) is 1.05. The Kier molecular flexibility index (Phi) is 0.419. The molecule has 3 saturated heterocycles. The second kappa shape index (κ2) is 0.752. The molecule has 7 heavy (non-hydrogen) atoms. The maximum Gasteiger partial charge on any atom is 0.0206 e. The maximum absolute atomic E-state index is 2.51. The van der Waals surface area contributed by atoms with E-state index < -0.39 is 0 Å². The molecule has 0 N–H and O–H groups in total. The van der Waals surface area contributed by atoms with E-state index in [1.165, 1.54) is 13.1 Å². The van der Waals surface area contributed by atoms with E-state index in [9.17, 15) is 0 Å². The predicted molar refractivity (Wildman–Crippen MR) is 29.1 cm³/mol. The Morgan fingerprint density at radius 3 is 1.71 bits per heavy atom. The van der Waals surface area contributed by atoms with Gasteiger partial charge < -0.3 is 0 Å². The smallest absolute Gasteiger partial charge is 0.0206 e. The lowest BCUT2D eigenvalue weighted by Gasteiger charge is -2.68. The molecule has 1 heteroatoms. The summed E-state index contributed by atoms with van der Waals surface area (Å²) < 4.78 is 0. The van der Waals surface area contributed by atoms with Crippen molar-refractivity contribution in [2.24, 2.45) is 5.92 Å². The van der Waals surface area contributed by atoms with Crippen LogP contribution in [0.5, 0.6) is 0 Å². The summed E-state index contributed by atoms with van der Waals surface area (Å²) in [5, 5.41) is 0. The maximum atomic E-state index is 2.51. The van der Waals surface area contributed by atoms with Crippen molar-refractivity contribution in [3.05, 3.63) is 0 Å². The Balaban J connectivity index is 2.18. The Morgan fingerprint density at radius 2 is 1.71 bits per heavy atom. The molecule has 0 amide bonds. The summed E-state index contributed by atoms with van der Waals surface area (Å²) in [6.07, 6.45) is 0. The average molecular weight is 97.2 g/mol. The monoisotopic (exact) mass is 97.1 g/mol. The van der Waals surface area contributed by atoms with Crippen LogP contribution in [0.15, 0.2) is 0 Å². The van der Waals surface area contributed by atoms with Gasteiger partial charge in [0.2, 0.25) is 0 Å². The van der Waals surface area contributed by atoms with Crippen molar-refractivity contribution >= 4 is 0 Å². The van der Waals surface area contributed by atoms with Gasteiger partial charge in [-0.15, -0.1) is 0 Å². The van der Waals surface area contributed by atoms with Crippen molar-refractivity contribution in [3.63, 3.8) is 0 Å². The minimum absolute atomic E-state index is 0.611. The first kappa shape index (κ1) is 3.90. The molecule has 2 bridgehead atoms. The molecular weight excluding hydrogens is 86.1 g/mol. The van der Waals surface area contributed by atoms with Gasteiger partial charge in [-0.25, -0.2) is 0 Å². The molecule has 0 unspecified atom stereocenters. The number of hydrogen-bond donors (Lipinski definition) is 0. The van der Waals surface area contributed by atoms with E-state index in [2.05, 4.69) is 18.7 Å². The van der Waals surface area contributed by atoms with Crippen LogP contribution in [0.2, 0.25) is 0 Å². The van der Waals surface area contributed by atoms with E-state index in [1.54, 1.807) is 0 Å². The first-order valence-electron chi connectivity index (χ1n) is 2.96. The SMILES string of the molecule is CC1(C)C2CN1C2. The topological polar surface area (TPSA) is 3.24 Å². The molecule has 3 heterocycles. The first-order chi connectivity index (χ1) is 3.21. The highest BCUT2D eigenvalue weighted by Gasteiger charge is 2.56. The molecule has 0 radical (unpaired) electrons. The summed E-state index contributed by atoms with van der Waals surface area (Å²) in [7, 11) is 0. The molecule has 3 fully saturated rings. The number of nitrogens with zero attached hydrogens (tertiary/aromatic N) is 1. The van der Waals surface area contributed by atoms with Crippen molar-refractivity contribution in [2.45, 2.75) is 19.4 Å². The van der Waals surface area contributed by atoms with Gasteiger partial charge in [-0.2, -0.15) is 0 Å². The molecule has 0 aliphatic carbocycles. The fraction of sp³-hybridized carbons (Fsp3) is 1.00. The lowest BCUT2D eigenvalue weighted by atomic mass is 9.67. The number of rotatable bonds is 0. The van der Waals surface area contributed by atoms with Gasteiger partial charge in [-0.1, -0.05) is 0 Å². The summed E-state index contributed by atoms with van der Waals surface area (Å²) in [6.45, 7) is 7.41. The van der Waals surface area contributed by atoms with Crippen LogP contribution in [0, 0.1) is 5.92 Å². The van der Waals surface area contributed by atoms with Gasteiger partial charge in [-0.3, -0.25) is 4.90 Å². The Bertz CT molecular complexity index is 90.7. The van der Waals surface area contributed by atoms with Gasteiger partial charge in [0.15, 0.2) is 0 Å². The molecule has 3 aliphatic heterocycles. The molecule has 1 nitrogen and oxygen atoms in total. The largest absolute Gasteiger partial charge is 0.297 e. The molecular formula is C6H11N. The van der Waals surface area contributed by atoms with Gasteiger partial charge in [0, 0.05) is 24.5 Å². The second-order valence-corrected chi connectivity index (χ2v) is 3.26. The third-order valence-corrected chi connectivity index (χ3v) is 2.70. The van der Waals surface area contributed by atoms with E-state index in [-0.39, 0.29) is 0 Å². The molecule has 0 aromatic carbocycles. The predicted octanol–water partition coefficient (Wildman–Crippen LogP) is 0.710. The summed E-state index contributed by atoms with van der Waals surface area (Å²) in [6, 6.07) is 0. The van der Waals surface area contributed by atoms with Gasteiger partial charge in [0.05, 0.1) is 0 Å². The van der Waals surface area contributed by atoms with Crippen LogP contribution in [0.3, 0.4) is 0 Å². The normalized spacial score (nSPS) is 52.3. The van der Waals surface area contributed by atoms with Crippen LogP contribution in [-0.4, -0.2) is 23.5 Å². The summed E-state index contributed by atoms with van der Waals surface area (Å²) in [5.41, 5.74) is 0.611. The van der Waals surface area contributed by atoms with E-state index in [0.29, 0.717) is 5.54 Å². The number of hydrogen-bond acceptors (Lipinski definition) is 1. The minimum atomic E-state index is 0.611. The highest BCUT2D eigenvalue weighted by molar-refractivity contribution is 5.11. The van der Waals surface area contributed by atoms with E-state index in [1.807, 2.05) is 0 Å². The molecule has 0 aromatic heterocycles. The fourth-order valence-electron chi connectivity index (χ4n) is 1.43. The third-order valence-electron chi connectivity index (χ3n) is 2.70. The highest BCUT2D eigenvalue weighted by atomic mass is 15.4. The lowest BCUT2D eigenvalue weighted by Crippen LogP contribution is -2.78. The van der Waals surface area contributed by atoms with Crippen LogP contribution < -0.4 is 0 Å². The Labute approximate surface area is 44.3 Å². The van der Waals surface area contributed by atoms with Gasteiger partial charge in [-0.05, 0) is 13.8 Å².